The first-order valence-corrected chi connectivity index (χ1v) is 6.02. The number of para-hydroxylation sites is 1. The van der Waals surface area contributed by atoms with Crippen molar-refractivity contribution < 1.29 is 9.47 Å². The van der Waals surface area contributed by atoms with Crippen LogP contribution in [-0.4, -0.2) is 32.9 Å². The van der Waals surface area contributed by atoms with Gasteiger partial charge in [0.15, 0.2) is 0 Å². The molecule has 2 rings (SSSR count). The van der Waals surface area contributed by atoms with Gasteiger partial charge in [-0.2, -0.15) is 0 Å². The number of rotatable bonds is 4. The van der Waals surface area contributed by atoms with E-state index in [1.165, 1.54) is 0 Å². The molecule has 0 amide bonds. The summed E-state index contributed by atoms with van der Waals surface area (Å²) in [5, 5.41) is 3.31. The van der Waals surface area contributed by atoms with Gasteiger partial charge in [0.05, 0.1) is 19.8 Å². The van der Waals surface area contributed by atoms with Crippen molar-refractivity contribution in [2.24, 2.45) is 5.73 Å². The summed E-state index contributed by atoms with van der Waals surface area (Å²) < 4.78 is 11.0. The van der Waals surface area contributed by atoms with Crippen molar-refractivity contribution in [3.05, 3.63) is 29.8 Å². The van der Waals surface area contributed by atoms with Gasteiger partial charge in [-0.25, -0.2) is 0 Å². The molecule has 0 radical (unpaired) electrons. The SMILES string of the molecule is COc1ccccc1C(N)CC1CNCCO1. The minimum atomic E-state index is -0.0453. The Bertz CT molecular complexity index is 351. The van der Waals surface area contributed by atoms with Crippen molar-refractivity contribution in [1.82, 2.24) is 5.32 Å². The lowest BCUT2D eigenvalue weighted by atomic mass is 10.00. The van der Waals surface area contributed by atoms with E-state index in [2.05, 4.69) is 5.32 Å². The van der Waals surface area contributed by atoms with Crippen LogP contribution in [0.25, 0.3) is 0 Å². The summed E-state index contributed by atoms with van der Waals surface area (Å²) >= 11 is 0. The number of benzene rings is 1. The van der Waals surface area contributed by atoms with Crippen LogP contribution in [0.15, 0.2) is 24.3 Å². The number of nitrogens with one attached hydrogen (secondary N) is 1. The molecule has 1 aliphatic rings. The molecule has 0 aromatic heterocycles. The molecule has 0 saturated carbocycles. The largest absolute Gasteiger partial charge is 0.496 e. The summed E-state index contributed by atoms with van der Waals surface area (Å²) in [5.41, 5.74) is 7.26. The molecule has 94 valence electrons. The van der Waals surface area contributed by atoms with Gasteiger partial charge in [0.1, 0.15) is 5.75 Å². The maximum Gasteiger partial charge on any atom is 0.123 e. The zero-order chi connectivity index (χ0) is 12.1. The highest BCUT2D eigenvalue weighted by Crippen LogP contribution is 2.26. The first-order valence-electron chi connectivity index (χ1n) is 6.02. The van der Waals surface area contributed by atoms with Gasteiger partial charge < -0.3 is 20.5 Å². The molecule has 1 saturated heterocycles. The molecule has 0 spiro atoms. The monoisotopic (exact) mass is 236 g/mol. The average molecular weight is 236 g/mol. The van der Waals surface area contributed by atoms with Crippen LogP contribution in [0.4, 0.5) is 0 Å². The van der Waals surface area contributed by atoms with E-state index in [0.717, 1.165) is 37.4 Å². The summed E-state index contributed by atoms with van der Waals surface area (Å²) in [7, 11) is 1.67. The molecule has 1 aliphatic heterocycles. The zero-order valence-electron chi connectivity index (χ0n) is 10.2. The van der Waals surface area contributed by atoms with Gasteiger partial charge in [-0.05, 0) is 12.5 Å². The molecule has 3 N–H and O–H groups in total. The van der Waals surface area contributed by atoms with Gasteiger partial charge in [0, 0.05) is 24.7 Å². The van der Waals surface area contributed by atoms with Crippen molar-refractivity contribution >= 4 is 0 Å². The second-order valence-electron chi connectivity index (χ2n) is 4.28. The minimum absolute atomic E-state index is 0.0453. The van der Waals surface area contributed by atoms with E-state index in [0.29, 0.717) is 0 Å². The average Bonchev–Trinajstić information content (AvgIpc) is 2.40. The third kappa shape index (κ3) is 3.19. The van der Waals surface area contributed by atoms with Gasteiger partial charge in [-0.3, -0.25) is 0 Å². The Labute approximate surface area is 102 Å². The molecule has 2 unspecified atom stereocenters. The summed E-state index contributed by atoms with van der Waals surface area (Å²) in [6, 6.07) is 7.84. The number of hydrogen-bond acceptors (Lipinski definition) is 4. The molecule has 2 atom stereocenters. The Balaban J connectivity index is 2.00. The first kappa shape index (κ1) is 12.4. The highest BCUT2D eigenvalue weighted by molar-refractivity contribution is 5.35. The van der Waals surface area contributed by atoms with Gasteiger partial charge >= 0.3 is 0 Å². The number of methoxy groups -OCH3 is 1. The zero-order valence-corrected chi connectivity index (χ0v) is 10.2. The second-order valence-corrected chi connectivity index (χ2v) is 4.28. The predicted octanol–water partition coefficient (Wildman–Crippen LogP) is 1.07. The van der Waals surface area contributed by atoms with E-state index in [-0.39, 0.29) is 12.1 Å². The highest BCUT2D eigenvalue weighted by Gasteiger charge is 2.19. The third-order valence-electron chi connectivity index (χ3n) is 3.06. The predicted molar refractivity (Wildman–Crippen MR) is 67.1 cm³/mol. The van der Waals surface area contributed by atoms with E-state index in [4.69, 9.17) is 15.2 Å². The van der Waals surface area contributed by atoms with Crippen LogP contribution in [0, 0.1) is 0 Å². The molecule has 1 aromatic carbocycles. The van der Waals surface area contributed by atoms with E-state index >= 15 is 0 Å². The lowest BCUT2D eigenvalue weighted by Crippen LogP contribution is -2.40. The molecule has 17 heavy (non-hydrogen) atoms. The summed E-state index contributed by atoms with van der Waals surface area (Å²) in [4.78, 5) is 0. The second kappa shape index (κ2) is 6.00. The first-order chi connectivity index (χ1) is 8.31. The van der Waals surface area contributed by atoms with Crippen molar-refractivity contribution in [2.45, 2.75) is 18.6 Å². The molecule has 0 aliphatic carbocycles. The third-order valence-corrected chi connectivity index (χ3v) is 3.06. The number of morpholine rings is 1. The lowest BCUT2D eigenvalue weighted by Gasteiger charge is -2.26. The number of hydrogen-bond donors (Lipinski definition) is 2. The fraction of sp³-hybridized carbons (Fsp3) is 0.538. The summed E-state index contributed by atoms with van der Waals surface area (Å²) in [6.07, 6.45) is 1.01. The Kier molecular flexibility index (Phi) is 4.36. The van der Waals surface area contributed by atoms with E-state index < -0.39 is 0 Å². The fourth-order valence-corrected chi connectivity index (χ4v) is 2.15. The van der Waals surface area contributed by atoms with Crippen LogP contribution >= 0.6 is 0 Å². The molecule has 0 bridgehead atoms. The highest BCUT2D eigenvalue weighted by atomic mass is 16.5. The van der Waals surface area contributed by atoms with E-state index in [1.54, 1.807) is 7.11 Å². The Morgan fingerprint density at radius 3 is 3.06 bits per heavy atom. The Morgan fingerprint density at radius 2 is 2.35 bits per heavy atom. The van der Waals surface area contributed by atoms with Crippen molar-refractivity contribution in [2.75, 3.05) is 26.8 Å². The molecule has 4 heteroatoms. The van der Waals surface area contributed by atoms with Crippen LogP contribution in [0.1, 0.15) is 18.0 Å². The minimum Gasteiger partial charge on any atom is -0.496 e. The van der Waals surface area contributed by atoms with Crippen LogP contribution in [0.5, 0.6) is 5.75 Å². The molecule has 4 nitrogen and oxygen atoms in total. The van der Waals surface area contributed by atoms with Crippen molar-refractivity contribution in [3.8, 4) is 5.75 Å². The van der Waals surface area contributed by atoms with Crippen molar-refractivity contribution in [3.63, 3.8) is 0 Å². The lowest BCUT2D eigenvalue weighted by molar-refractivity contribution is 0.0194. The van der Waals surface area contributed by atoms with E-state index in [9.17, 15) is 0 Å². The summed E-state index contributed by atoms with van der Waals surface area (Å²) in [6.45, 7) is 2.58. The van der Waals surface area contributed by atoms with Gasteiger partial charge in [0.25, 0.3) is 0 Å². The smallest absolute Gasteiger partial charge is 0.123 e. The quantitative estimate of drug-likeness (QED) is 0.821. The van der Waals surface area contributed by atoms with Gasteiger partial charge in [-0.15, -0.1) is 0 Å². The maximum absolute atomic E-state index is 6.21. The normalized spacial score (nSPS) is 22.1. The molecule has 1 heterocycles. The van der Waals surface area contributed by atoms with Crippen LogP contribution in [0.2, 0.25) is 0 Å². The van der Waals surface area contributed by atoms with Crippen LogP contribution in [0.3, 0.4) is 0 Å². The van der Waals surface area contributed by atoms with E-state index in [1.807, 2.05) is 24.3 Å². The Morgan fingerprint density at radius 1 is 1.53 bits per heavy atom. The topological polar surface area (TPSA) is 56.5 Å². The number of ether oxygens (including phenoxy) is 2. The molecule has 1 aromatic rings. The molecular weight excluding hydrogens is 216 g/mol. The molecular formula is C13H20N2O2. The maximum atomic E-state index is 6.21. The van der Waals surface area contributed by atoms with Gasteiger partial charge in [0.2, 0.25) is 0 Å². The van der Waals surface area contributed by atoms with Crippen LogP contribution in [-0.2, 0) is 4.74 Å². The van der Waals surface area contributed by atoms with Gasteiger partial charge in [-0.1, -0.05) is 18.2 Å². The molecule has 1 fully saturated rings. The fourth-order valence-electron chi connectivity index (χ4n) is 2.15. The summed E-state index contributed by atoms with van der Waals surface area (Å²) in [5.74, 6) is 0.851. The standard InChI is InChI=1S/C13H20N2O2/c1-16-13-5-3-2-4-11(13)12(14)8-10-9-15-6-7-17-10/h2-5,10,12,15H,6-9,14H2,1H3. The number of nitrogens with two attached hydrogens (primary N) is 1. The van der Waals surface area contributed by atoms with Crippen LogP contribution < -0.4 is 15.8 Å². The Hall–Kier alpha value is -1.10. The van der Waals surface area contributed by atoms with Crippen molar-refractivity contribution in [1.29, 1.82) is 0 Å².